The van der Waals surface area contributed by atoms with Crippen LogP contribution < -0.4 is 0 Å². The standard InChI is InChI=1S/C23H25NO4/c25-21(16-18-4-2-1-3-5-18)12-10-20-11-13-22(26)24(20)15-14-17-6-8-19(9-7-17)23(27)28/h1-10,12,20-21,25H,11,13-16H2,(H,27,28). The molecule has 2 aromatic rings. The van der Waals surface area contributed by atoms with Gasteiger partial charge in [-0.15, -0.1) is 0 Å². The molecule has 2 unspecified atom stereocenters. The minimum absolute atomic E-state index is 0.00350. The third-order valence-electron chi connectivity index (χ3n) is 5.06. The van der Waals surface area contributed by atoms with E-state index in [9.17, 15) is 14.7 Å². The monoisotopic (exact) mass is 379 g/mol. The van der Waals surface area contributed by atoms with Crippen LogP contribution in [0, 0.1) is 0 Å². The number of carboxylic acids is 1. The zero-order valence-corrected chi connectivity index (χ0v) is 15.7. The van der Waals surface area contributed by atoms with Crippen LogP contribution in [0.2, 0.25) is 0 Å². The quantitative estimate of drug-likeness (QED) is 0.691. The lowest BCUT2D eigenvalue weighted by Crippen LogP contribution is -2.33. The van der Waals surface area contributed by atoms with Crippen molar-refractivity contribution >= 4 is 11.9 Å². The van der Waals surface area contributed by atoms with Crippen molar-refractivity contribution in [3.8, 4) is 0 Å². The maximum atomic E-state index is 12.2. The van der Waals surface area contributed by atoms with Gasteiger partial charge in [0.05, 0.1) is 17.7 Å². The van der Waals surface area contributed by atoms with Gasteiger partial charge < -0.3 is 15.1 Å². The number of likely N-dealkylation sites (tertiary alicyclic amines) is 1. The Bertz CT molecular complexity index is 829. The second-order valence-electron chi connectivity index (χ2n) is 7.09. The van der Waals surface area contributed by atoms with Crippen molar-refractivity contribution in [1.29, 1.82) is 0 Å². The molecule has 1 amide bonds. The van der Waals surface area contributed by atoms with Crippen LogP contribution in [0.25, 0.3) is 0 Å². The second-order valence-corrected chi connectivity index (χ2v) is 7.09. The fourth-order valence-corrected chi connectivity index (χ4v) is 3.49. The molecule has 1 heterocycles. The average Bonchev–Trinajstić information content (AvgIpc) is 3.05. The van der Waals surface area contributed by atoms with Gasteiger partial charge in [-0.05, 0) is 36.1 Å². The Balaban J connectivity index is 1.55. The van der Waals surface area contributed by atoms with E-state index in [2.05, 4.69) is 0 Å². The highest BCUT2D eigenvalue weighted by Crippen LogP contribution is 2.21. The molecule has 1 saturated heterocycles. The Kier molecular flexibility index (Phi) is 6.61. The first kappa shape index (κ1) is 19.8. The molecule has 2 aromatic carbocycles. The van der Waals surface area contributed by atoms with Crippen molar-refractivity contribution in [2.24, 2.45) is 0 Å². The summed E-state index contributed by atoms with van der Waals surface area (Å²) < 4.78 is 0. The maximum absolute atomic E-state index is 12.2. The van der Waals surface area contributed by atoms with Gasteiger partial charge in [-0.1, -0.05) is 54.6 Å². The van der Waals surface area contributed by atoms with Crippen molar-refractivity contribution < 1.29 is 19.8 Å². The summed E-state index contributed by atoms with van der Waals surface area (Å²) in [5.74, 6) is -0.824. The fraction of sp³-hybridized carbons (Fsp3) is 0.304. The highest BCUT2D eigenvalue weighted by atomic mass is 16.4. The van der Waals surface area contributed by atoms with E-state index in [4.69, 9.17) is 5.11 Å². The van der Waals surface area contributed by atoms with E-state index in [1.807, 2.05) is 41.3 Å². The van der Waals surface area contributed by atoms with Crippen LogP contribution in [0.15, 0.2) is 66.7 Å². The molecule has 2 atom stereocenters. The molecule has 0 saturated carbocycles. The number of carbonyl (C=O) groups is 2. The minimum Gasteiger partial charge on any atom is -0.478 e. The van der Waals surface area contributed by atoms with Crippen molar-refractivity contribution in [2.45, 2.75) is 37.8 Å². The van der Waals surface area contributed by atoms with Crippen molar-refractivity contribution in [3.05, 3.63) is 83.4 Å². The molecular weight excluding hydrogens is 354 g/mol. The van der Waals surface area contributed by atoms with E-state index >= 15 is 0 Å². The summed E-state index contributed by atoms with van der Waals surface area (Å²) in [5, 5.41) is 19.2. The largest absolute Gasteiger partial charge is 0.478 e. The normalized spacial score (nSPS) is 18.0. The summed E-state index contributed by atoms with van der Waals surface area (Å²) >= 11 is 0. The molecule has 28 heavy (non-hydrogen) atoms. The van der Waals surface area contributed by atoms with Crippen molar-refractivity contribution in [3.63, 3.8) is 0 Å². The second kappa shape index (κ2) is 9.33. The highest BCUT2D eigenvalue weighted by Gasteiger charge is 2.28. The lowest BCUT2D eigenvalue weighted by molar-refractivity contribution is -0.128. The van der Waals surface area contributed by atoms with E-state index in [-0.39, 0.29) is 17.5 Å². The summed E-state index contributed by atoms with van der Waals surface area (Å²) in [6, 6.07) is 16.6. The van der Waals surface area contributed by atoms with Crippen LogP contribution in [0.1, 0.15) is 34.3 Å². The van der Waals surface area contributed by atoms with Gasteiger partial charge in [0.1, 0.15) is 0 Å². The van der Waals surface area contributed by atoms with Gasteiger partial charge in [0.15, 0.2) is 0 Å². The molecule has 5 nitrogen and oxygen atoms in total. The number of amides is 1. The van der Waals surface area contributed by atoms with Gasteiger partial charge in [-0.2, -0.15) is 0 Å². The third kappa shape index (κ3) is 5.30. The summed E-state index contributed by atoms with van der Waals surface area (Å²) in [5.41, 5.74) is 2.33. The first-order chi connectivity index (χ1) is 13.5. The Labute approximate surface area is 164 Å². The van der Waals surface area contributed by atoms with Crippen molar-refractivity contribution in [1.82, 2.24) is 4.90 Å². The number of hydrogen-bond acceptors (Lipinski definition) is 3. The molecule has 0 aromatic heterocycles. The number of rotatable bonds is 8. The van der Waals surface area contributed by atoms with Gasteiger partial charge in [-0.3, -0.25) is 4.79 Å². The summed E-state index contributed by atoms with van der Waals surface area (Å²) in [6.45, 7) is 0.578. The van der Waals surface area contributed by atoms with E-state index in [1.54, 1.807) is 30.3 Å². The van der Waals surface area contributed by atoms with Crippen LogP contribution in [0.4, 0.5) is 0 Å². The molecule has 0 bridgehead atoms. The van der Waals surface area contributed by atoms with Gasteiger partial charge in [0.25, 0.3) is 0 Å². The van der Waals surface area contributed by atoms with Crippen LogP contribution in [0.3, 0.4) is 0 Å². The fourth-order valence-electron chi connectivity index (χ4n) is 3.49. The summed E-state index contributed by atoms with van der Waals surface area (Å²) in [6.07, 6.45) is 5.63. The lowest BCUT2D eigenvalue weighted by atomic mass is 10.1. The maximum Gasteiger partial charge on any atom is 0.335 e. The Morgan fingerprint density at radius 3 is 2.50 bits per heavy atom. The molecule has 0 aliphatic carbocycles. The smallest absolute Gasteiger partial charge is 0.335 e. The molecule has 1 aliphatic heterocycles. The number of carboxylic acid groups (broad SMARTS) is 1. The van der Waals surface area contributed by atoms with Crippen LogP contribution in [0.5, 0.6) is 0 Å². The van der Waals surface area contributed by atoms with E-state index in [1.165, 1.54) is 0 Å². The molecule has 146 valence electrons. The Hall–Kier alpha value is -2.92. The molecule has 0 radical (unpaired) electrons. The predicted molar refractivity (Wildman–Crippen MR) is 107 cm³/mol. The summed E-state index contributed by atoms with van der Waals surface area (Å²) in [4.78, 5) is 25.0. The van der Waals surface area contributed by atoms with E-state index in [0.29, 0.717) is 25.8 Å². The molecule has 5 heteroatoms. The average molecular weight is 379 g/mol. The Morgan fingerprint density at radius 2 is 1.82 bits per heavy atom. The highest BCUT2D eigenvalue weighted by molar-refractivity contribution is 5.87. The summed E-state index contributed by atoms with van der Waals surface area (Å²) in [7, 11) is 0. The van der Waals surface area contributed by atoms with Crippen LogP contribution in [-0.2, 0) is 17.6 Å². The SMILES string of the molecule is O=C(O)c1ccc(CCN2C(=O)CCC2C=CC(O)Cc2ccccc2)cc1. The van der Waals surface area contributed by atoms with Gasteiger partial charge >= 0.3 is 5.97 Å². The molecule has 2 N–H and O–H groups in total. The molecule has 1 aliphatic rings. The third-order valence-corrected chi connectivity index (χ3v) is 5.06. The number of hydrogen-bond donors (Lipinski definition) is 2. The molecular formula is C23H25NO4. The first-order valence-electron chi connectivity index (χ1n) is 9.55. The number of aliphatic hydroxyl groups excluding tert-OH is 1. The number of aliphatic hydroxyl groups is 1. The van der Waals surface area contributed by atoms with Crippen molar-refractivity contribution in [2.75, 3.05) is 6.54 Å². The first-order valence-corrected chi connectivity index (χ1v) is 9.55. The number of benzene rings is 2. The molecule has 1 fully saturated rings. The van der Waals surface area contributed by atoms with Crippen LogP contribution >= 0.6 is 0 Å². The zero-order valence-electron chi connectivity index (χ0n) is 15.7. The Morgan fingerprint density at radius 1 is 1.11 bits per heavy atom. The number of nitrogens with zero attached hydrogens (tertiary/aromatic N) is 1. The number of carbonyl (C=O) groups excluding carboxylic acids is 1. The molecule has 0 spiro atoms. The van der Waals surface area contributed by atoms with Gasteiger partial charge in [0, 0.05) is 19.4 Å². The zero-order chi connectivity index (χ0) is 19.9. The molecule has 3 rings (SSSR count). The predicted octanol–water partition coefficient (Wildman–Crippen LogP) is 3.08. The van der Waals surface area contributed by atoms with Crippen LogP contribution in [-0.4, -0.2) is 45.7 Å². The van der Waals surface area contributed by atoms with Gasteiger partial charge in [-0.25, -0.2) is 4.79 Å². The number of aromatic carboxylic acids is 1. The van der Waals surface area contributed by atoms with Gasteiger partial charge in [0.2, 0.25) is 5.91 Å². The van der Waals surface area contributed by atoms with E-state index < -0.39 is 12.1 Å². The van der Waals surface area contributed by atoms with E-state index in [0.717, 1.165) is 17.5 Å². The topological polar surface area (TPSA) is 77.8 Å². The minimum atomic E-state index is -0.944. The lowest BCUT2D eigenvalue weighted by Gasteiger charge is -2.23.